The number of halogens is 3. The minimum Gasteiger partial charge on any atom is -0.382 e. The highest BCUT2D eigenvalue weighted by Crippen LogP contribution is 2.32. The minimum absolute atomic E-state index is 0.251. The first kappa shape index (κ1) is 14.4. The Hall–Kier alpha value is -0.970. The van der Waals surface area contributed by atoms with Crippen LogP contribution >= 0.6 is 39.1 Å². The molecule has 1 heterocycles. The molecule has 0 saturated heterocycles. The molecule has 19 heavy (non-hydrogen) atoms. The van der Waals surface area contributed by atoms with Crippen LogP contribution in [0.15, 0.2) is 22.7 Å². The highest BCUT2D eigenvalue weighted by Gasteiger charge is 2.10. The van der Waals surface area contributed by atoms with Crippen molar-refractivity contribution in [3.8, 4) is 0 Å². The molecule has 1 aromatic heterocycles. The van der Waals surface area contributed by atoms with Gasteiger partial charge in [0.25, 0.3) is 0 Å². The summed E-state index contributed by atoms with van der Waals surface area (Å²) in [7, 11) is 0. The summed E-state index contributed by atoms with van der Waals surface area (Å²) in [5.41, 5.74) is 8.82. The first-order valence-corrected chi connectivity index (χ1v) is 7.08. The molecule has 2 rings (SSSR count). The molecule has 0 radical (unpaired) electrons. The van der Waals surface area contributed by atoms with Crippen molar-refractivity contribution in [1.82, 2.24) is 4.98 Å². The number of benzene rings is 1. The summed E-state index contributed by atoms with van der Waals surface area (Å²) in [5, 5.41) is 3.98. The first-order chi connectivity index (χ1) is 8.88. The van der Waals surface area contributed by atoms with Gasteiger partial charge in [-0.2, -0.15) is 0 Å². The van der Waals surface area contributed by atoms with Gasteiger partial charge in [-0.05, 0) is 43.2 Å². The molecule has 2 aromatic rings. The van der Waals surface area contributed by atoms with Crippen LogP contribution in [-0.4, -0.2) is 4.98 Å². The maximum absolute atomic E-state index is 6.11. The Morgan fingerprint density at radius 2 is 1.68 bits per heavy atom. The van der Waals surface area contributed by atoms with E-state index < -0.39 is 0 Å². The lowest BCUT2D eigenvalue weighted by Crippen LogP contribution is -2.02. The molecule has 3 nitrogen and oxygen atoms in total. The molecular weight excluding hydrogens is 349 g/mol. The van der Waals surface area contributed by atoms with E-state index in [4.69, 9.17) is 28.9 Å². The number of aromatic nitrogens is 1. The number of nitrogens with one attached hydrogen (secondary N) is 1. The summed E-state index contributed by atoms with van der Waals surface area (Å²) in [6, 6.07) is 5.61. The monoisotopic (exact) mass is 359 g/mol. The van der Waals surface area contributed by atoms with Gasteiger partial charge in [-0.3, -0.25) is 0 Å². The third-order valence-electron chi connectivity index (χ3n) is 2.70. The predicted octanol–water partition coefficient (Wildman–Crippen LogP) is 5.09. The fraction of sp³-hybridized carbons (Fsp3) is 0.154. The molecule has 0 spiro atoms. The second-order valence-electron chi connectivity index (χ2n) is 4.23. The molecule has 0 unspecified atom stereocenters. The van der Waals surface area contributed by atoms with Gasteiger partial charge in [-0.1, -0.05) is 39.1 Å². The lowest BCUT2D eigenvalue weighted by Gasteiger charge is -2.14. The zero-order valence-electron chi connectivity index (χ0n) is 10.4. The highest BCUT2D eigenvalue weighted by molar-refractivity contribution is 9.10. The summed E-state index contributed by atoms with van der Waals surface area (Å²) < 4.78 is 1.03. The smallest absolute Gasteiger partial charge is 0.151 e. The molecule has 0 fully saturated rings. The first-order valence-electron chi connectivity index (χ1n) is 5.53. The molecule has 3 N–H and O–H groups in total. The van der Waals surface area contributed by atoms with Crippen molar-refractivity contribution in [2.75, 3.05) is 11.1 Å². The van der Waals surface area contributed by atoms with Crippen molar-refractivity contribution in [2.24, 2.45) is 0 Å². The highest BCUT2D eigenvalue weighted by atomic mass is 79.9. The summed E-state index contributed by atoms with van der Waals surface area (Å²) in [6.07, 6.45) is 0. The molecule has 0 aliphatic heterocycles. The standard InChI is InChI=1S/C13H12BrCl2N3/c1-6-3-8(14)4-7(2)11(6)18-13-10(16)5-9(15)12(17)19-13/h3-5H,1-2H3,(H3,17,18,19). The summed E-state index contributed by atoms with van der Waals surface area (Å²) in [5.74, 6) is 0.748. The lowest BCUT2D eigenvalue weighted by atomic mass is 10.1. The van der Waals surface area contributed by atoms with Crippen LogP contribution in [0, 0.1) is 13.8 Å². The molecule has 0 aliphatic rings. The molecule has 0 bridgehead atoms. The second-order valence-corrected chi connectivity index (χ2v) is 5.96. The Labute approximate surface area is 130 Å². The van der Waals surface area contributed by atoms with Crippen LogP contribution in [0.3, 0.4) is 0 Å². The molecule has 0 atom stereocenters. The van der Waals surface area contributed by atoms with Crippen LogP contribution in [0.4, 0.5) is 17.3 Å². The van der Waals surface area contributed by atoms with E-state index in [0.29, 0.717) is 15.9 Å². The largest absolute Gasteiger partial charge is 0.382 e. The molecule has 6 heteroatoms. The van der Waals surface area contributed by atoms with E-state index >= 15 is 0 Å². The van der Waals surface area contributed by atoms with Crippen molar-refractivity contribution >= 4 is 56.5 Å². The Balaban J connectivity index is 2.45. The van der Waals surface area contributed by atoms with Gasteiger partial charge in [-0.25, -0.2) is 4.98 Å². The zero-order valence-corrected chi connectivity index (χ0v) is 13.5. The number of hydrogen-bond donors (Lipinski definition) is 2. The number of pyridine rings is 1. The van der Waals surface area contributed by atoms with Gasteiger partial charge >= 0.3 is 0 Å². The fourth-order valence-electron chi connectivity index (χ4n) is 1.79. The van der Waals surface area contributed by atoms with Gasteiger partial charge < -0.3 is 11.1 Å². The Morgan fingerprint density at radius 3 is 2.26 bits per heavy atom. The lowest BCUT2D eigenvalue weighted by molar-refractivity contribution is 1.28. The number of rotatable bonds is 2. The van der Waals surface area contributed by atoms with Crippen molar-refractivity contribution < 1.29 is 0 Å². The van der Waals surface area contributed by atoms with Crippen LogP contribution in [0.25, 0.3) is 0 Å². The van der Waals surface area contributed by atoms with Crippen LogP contribution < -0.4 is 11.1 Å². The van der Waals surface area contributed by atoms with Crippen molar-refractivity contribution in [3.05, 3.63) is 43.8 Å². The summed E-state index contributed by atoms with van der Waals surface area (Å²) in [6.45, 7) is 4.01. The molecule has 1 aromatic carbocycles. The fourth-order valence-corrected chi connectivity index (χ4v) is 2.89. The van der Waals surface area contributed by atoms with Crippen LogP contribution in [-0.2, 0) is 0 Å². The molecule has 100 valence electrons. The third-order valence-corrected chi connectivity index (χ3v) is 3.75. The Kier molecular flexibility index (Phi) is 4.23. The molecule has 0 aliphatic carbocycles. The second kappa shape index (κ2) is 5.57. The van der Waals surface area contributed by atoms with Crippen LogP contribution in [0.5, 0.6) is 0 Å². The van der Waals surface area contributed by atoms with E-state index in [2.05, 4.69) is 26.2 Å². The van der Waals surface area contributed by atoms with Crippen molar-refractivity contribution in [3.63, 3.8) is 0 Å². The normalized spacial score (nSPS) is 10.6. The number of nitrogen functional groups attached to an aromatic ring is 1. The summed E-state index contributed by atoms with van der Waals surface area (Å²) in [4.78, 5) is 4.16. The average Bonchev–Trinajstić information content (AvgIpc) is 2.29. The van der Waals surface area contributed by atoms with Gasteiger partial charge in [0.1, 0.15) is 5.82 Å². The van der Waals surface area contributed by atoms with Gasteiger partial charge in [0.2, 0.25) is 0 Å². The molecule has 0 amide bonds. The third kappa shape index (κ3) is 3.14. The predicted molar refractivity (Wildman–Crippen MR) is 85.6 cm³/mol. The zero-order chi connectivity index (χ0) is 14.2. The quantitative estimate of drug-likeness (QED) is 0.783. The van der Waals surface area contributed by atoms with Crippen molar-refractivity contribution in [1.29, 1.82) is 0 Å². The SMILES string of the molecule is Cc1cc(Br)cc(C)c1Nc1nc(N)c(Cl)cc1Cl. The maximum Gasteiger partial charge on any atom is 0.151 e. The van der Waals surface area contributed by atoms with E-state index in [1.807, 2.05) is 26.0 Å². The molecule has 0 saturated carbocycles. The van der Waals surface area contributed by atoms with Gasteiger partial charge in [0, 0.05) is 10.2 Å². The Morgan fingerprint density at radius 1 is 1.11 bits per heavy atom. The van der Waals surface area contributed by atoms with Crippen LogP contribution in [0.2, 0.25) is 10.0 Å². The van der Waals surface area contributed by atoms with E-state index in [9.17, 15) is 0 Å². The average molecular weight is 361 g/mol. The Bertz CT molecular complexity index is 621. The number of hydrogen-bond acceptors (Lipinski definition) is 3. The van der Waals surface area contributed by atoms with E-state index in [1.54, 1.807) is 6.07 Å². The number of anilines is 3. The maximum atomic E-state index is 6.11. The summed E-state index contributed by atoms with van der Waals surface area (Å²) >= 11 is 15.4. The molecular formula is C13H12BrCl2N3. The minimum atomic E-state index is 0.251. The number of nitrogens with two attached hydrogens (primary N) is 1. The number of nitrogens with zero attached hydrogens (tertiary/aromatic N) is 1. The van der Waals surface area contributed by atoms with Crippen molar-refractivity contribution in [2.45, 2.75) is 13.8 Å². The van der Waals surface area contributed by atoms with E-state index in [0.717, 1.165) is 21.3 Å². The number of aryl methyl sites for hydroxylation is 2. The van der Waals surface area contributed by atoms with Crippen LogP contribution in [0.1, 0.15) is 11.1 Å². The van der Waals surface area contributed by atoms with Gasteiger partial charge in [0.05, 0.1) is 10.0 Å². The van der Waals surface area contributed by atoms with Gasteiger partial charge in [0.15, 0.2) is 5.82 Å². The van der Waals surface area contributed by atoms with E-state index in [-0.39, 0.29) is 5.82 Å². The topological polar surface area (TPSA) is 50.9 Å². The van der Waals surface area contributed by atoms with Gasteiger partial charge in [-0.15, -0.1) is 0 Å². The van der Waals surface area contributed by atoms with E-state index in [1.165, 1.54) is 0 Å².